The maximum Gasteiger partial charge on any atom is 0.274 e. The second-order valence-corrected chi connectivity index (χ2v) is 6.88. The van der Waals surface area contributed by atoms with E-state index in [9.17, 15) is 9.59 Å². The van der Waals surface area contributed by atoms with Crippen LogP contribution in [-0.4, -0.2) is 28.3 Å². The van der Waals surface area contributed by atoms with Crippen LogP contribution < -0.4 is 10.2 Å². The number of hydrogen-bond acceptors (Lipinski definition) is 2. The zero-order valence-electron chi connectivity index (χ0n) is 14.8. The summed E-state index contributed by atoms with van der Waals surface area (Å²) in [5.74, 6) is -0.160. The molecular weight excluding hydrogens is 340 g/mol. The Morgan fingerprint density at radius 2 is 1.93 bits per heavy atom. The fourth-order valence-corrected chi connectivity index (χ4v) is 3.93. The van der Waals surface area contributed by atoms with E-state index in [0.29, 0.717) is 12.2 Å². The second-order valence-electron chi connectivity index (χ2n) is 6.88. The molecule has 2 amide bonds. The first-order valence-electron chi connectivity index (χ1n) is 8.91. The van der Waals surface area contributed by atoms with Gasteiger partial charge in [0.15, 0.2) is 0 Å². The minimum atomic E-state index is -0.120. The third kappa shape index (κ3) is 2.49. The fourth-order valence-electron chi connectivity index (χ4n) is 3.93. The lowest BCUT2D eigenvalue weighted by atomic mass is 10.1. The number of rotatable bonds is 2. The van der Waals surface area contributed by atoms with Crippen molar-refractivity contribution in [3.05, 3.63) is 59.9 Å². The van der Waals surface area contributed by atoms with Crippen LogP contribution in [0.4, 0.5) is 11.4 Å². The molecule has 2 aromatic carbocycles. The Hall–Kier alpha value is -3.54. The lowest BCUT2D eigenvalue weighted by Gasteiger charge is -2.16. The Morgan fingerprint density at radius 3 is 2.78 bits per heavy atom. The summed E-state index contributed by atoms with van der Waals surface area (Å²) in [4.78, 5) is 32.6. The van der Waals surface area contributed by atoms with E-state index in [1.54, 1.807) is 0 Å². The van der Waals surface area contributed by atoms with Crippen molar-refractivity contribution >= 4 is 45.0 Å². The van der Waals surface area contributed by atoms with Crippen LogP contribution in [-0.2, 0) is 11.2 Å². The highest BCUT2D eigenvalue weighted by molar-refractivity contribution is 6.10. The van der Waals surface area contributed by atoms with Crippen LogP contribution in [0.5, 0.6) is 0 Å². The lowest BCUT2D eigenvalue weighted by Crippen LogP contribution is -2.29. The molecular formula is C21H18N4O2. The summed E-state index contributed by atoms with van der Waals surface area (Å²) in [6.45, 7) is 2.15. The average molecular weight is 358 g/mol. The summed E-state index contributed by atoms with van der Waals surface area (Å²) in [5.41, 5.74) is 5.42. The smallest absolute Gasteiger partial charge is 0.274 e. The Bertz CT molecular complexity index is 1220. The van der Waals surface area contributed by atoms with Crippen molar-refractivity contribution in [2.75, 3.05) is 16.8 Å². The van der Waals surface area contributed by atoms with Gasteiger partial charge in [0, 0.05) is 52.8 Å². The molecule has 0 saturated carbocycles. The van der Waals surface area contributed by atoms with Gasteiger partial charge in [0.25, 0.3) is 5.91 Å². The fraction of sp³-hybridized carbons (Fsp3) is 0.143. The van der Waals surface area contributed by atoms with E-state index in [1.165, 1.54) is 17.9 Å². The van der Waals surface area contributed by atoms with Gasteiger partial charge in [0.05, 0.1) is 0 Å². The zero-order valence-corrected chi connectivity index (χ0v) is 14.8. The molecule has 0 aliphatic carbocycles. The molecule has 0 bridgehead atoms. The summed E-state index contributed by atoms with van der Waals surface area (Å²) in [7, 11) is 0. The maximum absolute atomic E-state index is 13.1. The highest BCUT2D eigenvalue weighted by Gasteiger charge is 2.28. The largest absolute Gasteiger partial charge is 0.361 e. The summed E-state index contributed by atoms with van der Waals surface area (Å²) < 4.78 is 0. The number of aromatic amines is 2. The van der Waals surface area contributed by atoms with E-state index >= 15 is 0 Å². The van der Waals surface area contributed by atoms with E-state index in [-0.39, 0.29) is 11.8 Å². The van der Waals surface area contributed by atoms with Gasteiger partial charge in [0.1, 0.15) is 5.69 Å². The quantitative estimate of drug-likeness (QED) is 0.509. The zero-order chi connectivity index (χ0) is 18.5. The van der Waals surface area contributed by atoms with Crippen LogP contribution in [0.25, 0.3) is 21.8 Å². The molecule has 1 aliphatic heterocycles. The topological polar surface area (TPSA) is 81.0 Å². The van der Waals surface area contributed by atoms with Gasteiger partial charge in [-0.3, -0.25) is 9.59 Å². The van der Waals surface area contributed by atoms with Crippen molar-refractivity contribution in [3.63, 3.8) is 0 Å². The molecule has 0 unspecified atom stereocenters. The van der Waals surface area contributed by atoms with E-state index in [2.05, 4.69) is 21.4 Å². The molecule has 0 fully saturated rings. The molecule has 3 heterocycles. The molecule has 27 heavy (non-hydrogen) atoms. The SMILES string of the molecule is CC(=O)Nc1ccc2[nH]c(C(=O)N3CCc4c3ccc3[nH]ccc43)cc2c1. The molecule has 134 valence electrons. The number of amides is 2. The van der Waals surface area contributed by atoms with Gasteiger partial charge in [-0.05, 0) is 54.4 Å². The molecule has 3 N–H and O–H groups in total. The molecule has 2 aromatic heterocycles. The lowest BCUT2D eigenvalue weighted by molar-refractivity contribution is -0.114. The van der Waals surface area contributed by atoms with Crippen molar-refractivity contribution in [1.82, 2.24) is 9.97 Å². The van der Waals surface area contributed by atoms with E-state index in [0.717, 1.165) is 34.2 Å². The summed E-state index contributed by atoms with van der Waals surface area (Å²) in [5, 5.41) is 4.84. The van der Waals surface area contributed by atoms with E-state index in [1.807, 2.05) is 47.5 Å². The van der Waals surface area contributed by atoms with Crippen molar-refractivity contribution in [3.8, 4) is 0 Å². The highest BCUT2D eigenvalue weighted by atomic mass is 16.2. The third-order valence-corrected chi connectivity index (χ3v) is 5.11. The van der Waals surface area contributed by atoms with Crippen LogP contribution in [0.1, 0.15) is 23.0 Å². The predicted molar refractivity (Wildman–Crippen MR) is 106 cm³/mol. The molecule has 4 aromatic rings. The normalized spacial score (nSPS) is 13.3. The number of anilines is 2. The number of aromatic nitrogens is 2. The van der Waals surface area contributed by atoms with Gasteiger partial charge in [-0.1, -0.05) is 0 Å². The Balaban J connectivity index is 1.51. The minimum absolute atomic E-state index is 0.0408. The summed E-state index contributed by atoms with van der Waals surface area (Å²) in [6, 6.07) is 13.5. The minimum Gasteiger partial charge on any atom is -0.361 e. The number of benzene rings is 2. The first kappa shape index (κ1) is 15.7. The number of carbonyl (C=O) groups is 2. The first-order chi connectivity index (χ1) is 13.1. The van der Waals surface area contributed by atoms with Crippen LogP contribution in [0, 0.1) is 0 Å². The van der Waals surface area contributed by atoms with Crippen molar-refractivity contribution in [2.24, 2.45) is 0 Å². The Morgan fingerprint density at radius 1 is 1.07 bits per heavy atom. The number of H-pyrrole nitrogens is 2. The third-order valence-electron chi connectivity index (χ3n) is 5.11. The van der Waals surface area contributed by atoms with Crippen molar-refractivity contribution in [2.45, 2.75) is 13.3 Å². The van der Waals surface area contributed by atoms with E-state index in [4.69, 9.17) is 0 Å². The molecule has 0 radical (unpaired) electrons. The van der Waals surface area contributed by atoms with Gasteiger partial charge >= 0.3 is 0 Å². The Labute approximate surface area is 155 Å². The van der Waals surface area contributed by atoms with Gasteiger partial charge in [-0.25, -0.2) is 0 Å². The van der Waals surface area contributed by atoms with Crippen LogP contribution in [0.15, 0.2) is 48.7 Å². The molecule has 1 aliphatic rings. The molecule has 6 nitrogen and oxygen atoms in total. The second kappa shape index (κ2) is 5.74. The van der Waals surface area contributed by atoms with E-state index < -0.39 is 0 Å². The van der Waals surface area contributed by atoms with Crippen LogP contribution >= 0.6 is 0 Å². The molecule has 6 heteroatoms. The Kier molecular flexibility index (Phi) is 3.33. The predicted octanol–water partition coefficient (Wildman–Crippen LogP) is 3.81. The standard InChI is InChI=1S/C21H18N4O2/c1-12(26)23-14-2-3-17-13(10-14)11-19(24-17)21(27)25-9-7-16-15-6-8-22-18(15)4-5-20(16)25/h2-6,8,10-11,22,24H,7,9H2,1H3,(H,23,26). The van der Waals surface area contributed by atoms with Gasteiger partial charge in [-0.15, -0.1) is 0 Å². The maximum atomic E-state index is 13.1. The van der Waals surface area contributed by atoms with Crippen LogP contribution in [0.2, 0.25) is 0 Å². The monoisotopic (exact) mass is 358 g/mol. The molecule has 0 saturated heterocycles. The van der Waals surface area contributed by atoms with Gasteiger partial charge in [0.2, 0.25) is 5.91 Å². The van der Waals surface area contributed by atoms with Gasteiger partial charge in [-0.2, -0.15) is 0 Å². The summed E-state index contributed by atoms with van der Waals surface area (Å²) >= 11 is 0. The first-order valence-corrected chi connectivity index (χ1v) is 8.91. The average Bonchev–Trinajstić information content (AvgIpc) is 3.36. The van der Waals surface area contributed by atoms with Crippen molar-refractivity contribution in [1.29, 1.82) is 0 Å². The molecule has 0 spiro atoms. The molecule has 5 rings (SSSR count). The number of fused-ring (bicyclic) bond motifs is 4. The number of hydrogen-bond donors (Lipinski definition) is 3. The van der Waals surface area contributed by atoms with Gasteiger partial charge < -0.3 is 20.2 Å². The number of nitrogens with zero attached hydrogens (tertiary/aromatic N) is 1. The van der Waals surface area contributed by atoms with Crippen LogP contribution in [0.3, 0.4) is 0 Å². The highest BCUT2D eigenvalue weighted by Crippen LogP contribution is 2.35. The number of nitrogens with one attached hydrogen (secondary N) is 3. The molecule has 0 atom stereocenters. The van der Waals surface area contributed by atoms with Crippen molar-refractivity contribution < 1.29 is 9.59 Å². The summed E-state index contributed by atoms with van der Waals surface area (Å²) in [6.07, 6.45) is 2.78. The number of carbonyl (C=O) groups excluding carboxylic acids is 2.